The molecular weight excluding hydrogens is 388 g/mol. The molecule has 0 heterocycles. The Bertz CT molecular complexity index is 747. The van der Waals surface area contributed by atoms with Gasteiger partial charge in [-0.05, 0) is 71.7 Å². The highest BCUT2D eigenvalue weighted by atomic mass is 79.9. The van der Waals surface area contributed by atoms with E-state index >= 15 is 0 Å². The molecule has 25 heavy (non-hydrogen) atoms. The first-order valence-electron chi connectivity index (χ1n) is 7.70. The molecule has 0 aliphatic carbocycles. The van der Waals surface area contributed by atoms with E-state index in [4.69, 9.17) is 9.47 Å². The third kappa shape index (κ3) is 5.79. The predicted molar refractivity (Wildman–Crippen MR) is 97.6 cm³/mol. The maximum Gasteiger partial charge on any atom is 0.276 e. The fourth-order valence-electron chi connectivity index (χ4n) is 1.97. The zero-order chi connectivity index (χ0) is 18.2. The molecule has 6 nitrogen and oxygen atoms in total. The third-order valence-corrected chi connectivity index (χ3v) is 3.81. The Kier molecular flexibility index (Phi) is 6.82. The molecule has 7 heteroatoms. The summed E-state index contributed by atoms with van der Waals surface area (Å²) in [5, 5.41) is 0. The van der Waals surface area contributed by atoms with Gasteiger partial charge in [-0.2, -0.15) is 0 Å². The maximum atomic E-state index is 12.0. The minimum Gasteiger partial charge on any atom is -0.494 e. The molecule has 0 radical (unpaired) electrons. The molecule has 0 saturated heterocycles. The second kappa shape index (κ2) is 9.08. The van der Waals surface area contributed by atoms with Crippen LogP contribution >= 0.6 is 15.9 Å². The second-order valence-corrected chi connectivity index (χ2v) is 6.04. The molecule has 2 aromatic carbocycles. The normalized spacial score (nSPS) is 10.0. The fraction of sp³-hybridized carbons (Fsp3) is 0.222. The van der Waals surface area contributed by atoms with Crippen molar-refractivity contribution in [1.82, 2.24) is 10.9 Å². The second-order valence-electron chi connectivity index (χ2n) is 5.18. The van der Waals surface area contributed by atoms with Crippen molar-refractivity contribution >= 4 is 27.7 Å². The van der Waals surface area contributed by atoms with Gasteiger partial charge in [0, 0.05) is 5.56 Å². The first-order valence-corrected chi connectivity index (χ1v) is 8.50. The maximum absolute atomic E-state index is 12.0. The van der Waals surface area contributed by atoms with Crippen LogP contribution < -0.4 is 20.3 Å². The molecule has 2 aromatic rings. The molecule has 0 fully saturated rings. The number of aryl methyl sites for hydroxylation is 1. The van der Waals surface area contributed by atoms with Crippen LogP contribution in [0.5, 0.6) is 11.5 Å². The molecule has 0 aliphatic heterocycles. The van der Waals surface area contributed by atoms with Crippen LogP contribution in [0.1, 0.15) is 22.8 Å². The van der Waals surface area contributed by atoms with E-state index in [2.05, 4.69) is 26.8 Å². The Morgan fingerprint density at radius 2 is 1.76 bits per heavy atom. The van der Waals surface area contributed by atoms with Gasteiger partial charge in [0.15, 0.2) is 6.61 Å². The van der Waals surface area contributed by atoms with Crippen molar-refractivity contribution in [2.45, 2.75) is 13.8 Å². The predicted octanol–water partition coefficient (Wildman–Crippen LogP) is 3.00. The molecular formula is C18H19BrN2O4. The van der Waals surface area contributed by atoms with E-state index in [0.717, 1.165) is 10.0 Å². The standard InChI is InChI=1S/C18H19BrN2O4/c1-3-24-14-7-5-13(6-8-14)18(23)21-20-17(22)11-25-16-9-4-12(2)10-15(16)19/h4-10H,3,11H2,1-2H3,(H,20,22)(H,21,23). The summed E-state index contributed by atoms with van der Waals surface area (Å²) in [5.74, 6) is 0.346. The number of ether oxygens (including phenoxy) is 2. The van der Waals surface area contributed by atoms with E-state index in [1.54, 1.807) is 30.3 Å². The summed E-state index contributed by atoms with van der Waals surface area (Å²) in [6, 6.07) is 12.2. The van der Waals surface area contributed by atoms with Gasteiger partial charge in [-0.15, -0.1) is 0 Å². The van der Waals surface area contributed by atoms with Crippen molar-refractivity contribution in [3.63, 3.8) is 0 Å². The zero-order valence-electron chi connectivity index (χ0n) is 14.0. The topological polar surface area (TPSA) is 76.7 Å². The number of benzene rings is 2. The summed E-state index contributed by atoms with van der Waals surface area (Å²) >= 11 is 3.37. The number of rotatable bonds is 6. The van der Waals surface area contributed by atoms with Crippen LogP contribution in [0.2, 0.25) is 0 Å². The highest BCUT2D eigenvalue weighted by molar-refractivity contribution is 9.10. The fourth-order valence-corrected chi connectivity index (χ4v) is 2.58. The summed E-state index contributed by atoms with van der Waals surface area (Å²) in [6.07, 6.45) is 0. The number of hydrogen-bond donors (Lipinski definition) is 2. The van der Waals surface area contributed by atoms with Crippen molar-refractivity contribution in [1.29, 1.82) is 0 Å². The first-order chi connectivity index (χ1) is 12.0. The third-order valence-electron chi connectivity index (χ3n) is 3.19. The minimum atomic E-state index is -0.466. The van der Waals surface area contributed by atoms with Crippen molar-refractivity contribution in [3.05, 3.63) is 58.1 Å². The Hall–Kier alpha value is -2.54. The van der Waals surface area contributed by atoms with Gasteiger partial charge in [0.1, 0.15) is 11.5 Å². The van der Waals surface area contributed by atoms with Crippen molar-refractivity contribution in [2.24, 2.45) is 0 Å². The number of nitrogens with one attached hydrogen (secondary N) is 2. The summed E-state index contributed by atoms with van der Waals surface area (Å²) < 4.78 is 11.5. The van der Waals surface area contributed by atoms with Gasteiger partial charge in [-0.1, -0.05) is 6.07 Å². The smallest absolute Gasteiger partial charge is 0.276 e. The largest absolute Gasteiger partial charge is 0.494 e. The molecule has 132 valence electrons. The van der Waals surface area contributed by atoms with Crippen molar-refractivity contribution in [2.75, 3.05) is 13.2 Å². The molecule has 0 aromatic heterocycles. The molecule has 0 bridgehead atoms. The van der Waals surface area contributed by atoms with Crippen LogP contribution in [0.25, 0.3) is 0 Å². The van der Waals surface area contributed by atoms with Gasteiger partial charge in [0.25, 0.3) is 11.8 Å². The highest BCUT2D eigenvalue weighted by Crippen LogP contribution is 2.25. The molecule has 2 N–H and O–H groups in total. The lowest BCUT2D eigenvalue weighted by molar-refractivity contribution is -0.123. The van der Waals surface area contributed by atoms with Crippen LogP contribution in [-0.2, 0) is 4.79 Å². The van der Waals surface area contributed by atoms with E-state index in [9.17, 15) is 9.59 Å². The number of amides is 2. The lowest BCUT2D eigenvalue weighted by atomic mass is 10.2. The van der Waals surface area contributed by atoms with Crippen molar-refractivity contribution in [3.8, 4) is 11.5 Å². The lowest BCUT2D eigenvalue weighted by Crippen LogP contribution is -2.43. The van der Waals surface area contributed by atoms with E-state index in [-0.39, 0.29) is 6.61 Å². The van der Waals surface area contributed by atoms with E-state index < -0.39 is 11.8 Å². The highest BCUT2D eigenvalue weighted by Gasteiger charge is 2.09. The van der Waals surface area contributed by atoms with E-state index in [0.29, 0.717) is 23.7 Å². The van der Waals surface area contributed by atoms with Crippen LogP contribution in [0.3, 0.4) is 0 Å². The van der Waals surface area contributed by atoms with Crippen LogP contribution in [-0.4, -0.2) is 25.0 Å². The number of halogens is 1. The molecule has 0 unspecified atom stereocenters. The first kappa shape index (κ1) is 18.8. The summed E-state index contributed by atoms with van der Waals surface area (Å²) in [4.78, 5) is 23.8. The molecule has 0 atom stereocenters. The summed E-state index contributed by atoms with van der Waals surface area (Å²) in [6.45, 7) is 4.18. The van der Waals surface area contributed by atoms with Crippen molar-refractivity contribution < 1.29 is 19.1 Å². The van der Waals surface area contributed by atoms with Gasteiger partial charge in [0.2, 0.25) is 0 Å². The average molecular weight is 407 g/mol. The molecule has 0 saturated carbocycles. The number of carbonyl (C=O) groups is 2. The number of hydrogen-bond acceptors (Lipinski definition) is 4. The molecule has 0 spiro atoms. The van der Waals surface area contributed by atoms with Gasteiger partial charge < -0.3 is 9.47 Å². The Morgan fingerprint density at radius 3 is 2.40 bits per heavy atom. The van der Waals surface area contributed by atoms with Crippen LogP contribution in [0.4, 0.5) is 0 Å². The van der Waals surface area contributed by atoms with Crippen LogP contribution in [0, 0.1) is 6.92 Å². The quantitative estimate of drug-likeness (QED) is 0.722. The van der Waals surface area contributed by atoms with E-state index in [1.165, 1.54) is 0 Å². The minimum absolute atomic E-state index is 0.217. The molecule has 2 amide bonds. The zero-order valence-corrected chi connectivity index (χ0v) is 15.6. The van der Waals surface area contributed by atoms with Gasteiger partial charge in [0.05, 0.1) is 11.1 Å². The number of hydrazine groups is 1. The van der Waals surface area contributed by atoms with Gasteiger partial charge in [-0.3, -0.25) is 20.4 Å². The Labute approximate surface area is 154 Å². The van der Waals surface area contributed by atoms with Crippen LogP contribution in [0.15, 0.2) is 46.9 Å². The van der Waals surface area contributed by atoms with E-state index in [1.807, 2.05) is 26.0 Å². The van der Waals surface area contributed by atoms with Gasteiger partial charge in [-0.25, -0.2) is 0 Å². The Morgan fingerprint density at radius 1 is 1.04 bits per heavy atom. The SMILES string of the molecule is CCOc1ccc(C(=O)NNC(=O)COc2ccc(C)cc2Br)cc1. The molecule has 2 rings (SSSR count). The Balaban J connectivity index is 1.79. The molecule has 0 aliphatic rings. The van der Waals surface area contributed by atoms with Gasteiger partial charge >= 0.3 is 0 Å². The summed E-state index contributed by atoms with van der Waals surface area (Å²) in [5.41, 5.74) is 6.13. The average Bonchev–Trinajstić information content (AvgIpc) is 2.60. The number of carbonyl (C=O) groups excluding carboxylic acids is 2. The monoisotopic (exact) mass is 406 g/mol. The lowest BCUT2D eigenvalue weighted by Gasteiger charge is -2.10. The summed E-state index contributed by atoms with van der Waals surface area (Å²) in [7, 11) is 0.